The first-order valence-corrected chi connectivity index (χ1v) is 8.22. The normalized spacial score (nSPS) is 17.5. The Bertz CT molecular complexity index is 888. The average Bonchev–Trinajstić information content (AvgIpc) is 3.23. The summed E-state index contributed by atoms with van der Waals surface area (Å²) in [6.07, 6.45) is 7.44. The summed E-state index contributed by atoms with van der Waals surface area (Å²) in [6, 6.07) is 7.76. The fourth-order valence-corrected chi connectivity index (χ4v) is 3.28. The predicted octanol–water partition coefficient (Wildman–Crippen LogP) is 2.44. The highest BCUT2D eigenvalue weighted by Crippen LogP contribution is 2.21. The van der Waals surface area contributed by atoms with Gasteiger partial charge in [-0.3, -0.25) is 14.5 Å². The topological polar surface area (TPSA) is 63.9 Å². The summed E-state index contributed by atoms with van der Waals surface area (Å²) >= 11 is 0. The van der Waals surface area contributed by atoms with Crippen molar-refractivity contribution in [2.75, 3.05) is 6.54 Å². The fourth-order valence-electron chi connectivity index (χ4n) is 3.28. The number of hydrogen-bond donors (Lipinski definition) is 0. The van der Waals surface area contributed by atoms with Crippen LogP contribution in [0.25, 0.3) is 11.0 Å². The molecule has 122 valence electrons. The van der Waals surface area contributed by atoms with Crippen molar-refractivity contribution in [2.45, 2.75) is 32.4 Å². The molecule has 1 amide bonds. The Morgan fingerprint density at radius 1 is 1.25 bits per heavy atom. The number of benzene rings is 1. The quantitative estimate of drug-likeness (QED) is 0.743. The number of carbonyl (C=O) groups excluding carboxylic acids is 1. The molecule has 1 aromatic carbocycles. The van der Waals surface area contributed by atoms with Crippen molar-refractivity contribution >= 4 is 16.9 Å². The van der Waals surface area contributed by atoms with E-state index >= 15 is 0 Å². The Labute approximate surface area is 140 Å². The lowest BCUT2D eigenvalue weighted by molar-refractivity contribution is 0.0715. The van der Waals surface area contributed by atoms with Gasteiger partial charge in [0, 0.05) is 12.7 Å². The number of amides is 1. The summed E-state index contributed by atoms with van der Waals surface area (Å²) < 4.78 is 1.91. The van der Waals surface area contributed by atoms with E-state index in [2.05, 4.69) is 15.1 Å². The zero-order valence-corrected chi connectivity index (χ0v) is 13.6. The van der Waals surface area contributed by atoms with Crippen LogP contribution < -0.4 is 0 Å². The van der Waals surface area contributed by atoms with Crippen LogP contribution in [0.3, 0.4) is 0 Å². The Morgan fingerprint density at radius 3 is 2.88 bits per heavy atom. The van der Waals surface area contributed by atoms with Crippen molar-refractivity contribution in [3.05, 3.63) is 54.1 Å². The molecule has 0 saturated carbocycles. The molecule has 2 aromatic heterocycles. The number of likely N-dealkylation sites (tertiary alicyclic amines) is 1. The van der Waals surface area contributed by atoms with Crippen LogP contribution >= 0.6 is 0 Å². The summed E-state index contributed by atoms with van der Waals surface area (Å²) in [5.41, 5.74) is 3.10. The lowest BCUT2D eigenvalue weighted by atomic mass is 10.2. The van der Waals surface area contributed by atoms with Crippen molar-refractivity contribution < 1.29 is 4.79 Å². The average molecular weight is 321 g/mol. The number of rotatable bonds is 3. The van der Waals surface area contributed by atoms with Crippen LogP contribution in [-0.2, 0) is 6.54 Å². The highest BCUT2D eigenvalue weighted by molar-refractivity contribution is 5.94. The standard InChI is InChI=1S/C18H19N5O/c1-13-9-20-22(11-13)12-14-5-4-8-23(14)18(24)17-10-19-15-6-2-3-7-16(15)21-17/h2-3,6-7,9-11,14H,4-5,8,12H2,1H3/t14-/m0/s1. The summed E-state index contributed by atoms with van der Waals surface area (Å²) in [6.45, 7) is 3.50. The molecule has 0 unspecified atom stereocenters. The van der Waals surface area contributed by atoms with E-state index in [-0.39, 0.29) is 11.9 Å². The second-order valence-corrected chi connectivity index (χ2v) is 6.28. The molecule has 4 rings (SSSR count). The van der Waals surface area contributed by atoms with Gasteiger partial charge in [0.1, 0.15) is 5.69 Å². The summed E-state index contributed by atoms with van der Waals surface area (Å²) in [5.74, 6) is -0.0420. The molecule has 1 aliphatic heterocycles. The second kappa shape index (κ2) is 6.03. The van der Waals surface area contributed by atoms with E-state index in [0.29, 0.717) is 5.69 Å². The van der Waals surface area contributed by atoms with Gasteiger partial charge in [0.25, 0.3) is 5.91 Å². The van der Waals surface area contributed by atoms with Gasteiger partial charge in [-0.2, -0.15) is 5.10 Å². The van der Waals surface area contributed by atoms with Gasteiger partial charge in [-0.25, -0.2) is 4.98 Å². The minimum absolute atomic E-state index is 0.0420. The molecule has 6 nitrogen and oxygen atoms in total. The lowest BCUT2D eigenvalue weighted by Gasteiger charge is -2.24. The molecular formula is C18H19N5O. The van der Waals surface area contributed by atoms with E-state index in [4.69, 9.17) is 0 Å². The molecule has 1 atom stereocenters. The van der Waals surface area contributed by atoms with Crippen molar-refractivity contribution in [2.24, 2.45) is 0 Å². The monoisotopic (exact) mass is 321 g/mol. The van der Waals surface area contributed by atoms with Gasteiger partial charge in [-0.15, -0.1) is 0 Å². The molecule has 3 aromatic rings. The minimum Gasteiger partial charge on any atom is -0.332 e. The summed E-state index contributed by atoms with van der Waals surface area (Å²) in [7, 11) is 0. The van der Waals surface area contributed by atoms with Crippen LogP contribution in [0.1, 0.15) is 28.9 Å². The number of carbonyl (C=O) groups is 1. The zero-order chi connectivity index (χ0) is 16.5. The van der Waals surface area contributed by atoms with E-state index < -0.39 is 0 Å². The predicted molar refractivity (Wildman–Crippen MR) is 90.6 cm³/mol. The van der Waals surface area contributed by atoms with E-state index in [1.54, 1.807) is 6.20 Å². The van der Waals surface area contributed by atoms with Gasteiger partial charge in [0.05, 0.1) is 36.0 Å². The Morgan fingerprint density at radius 2 is 2.08 bits per heavy atom. The SMILES string of the molecule is Cc1cnn(C[C@@H]2CCCN2C(=O)c2cnc3ccccc3n2)c1. The first-order valence-electron chi connectivity index (χ1n) is 8.22. The highest BCUT2D eigenvalue weighted by atomic mass is 16.2. The Hall–Kier alpha value is -2.76. The maximum absolute atomic E-state index is 12.9. The zero-order valence-electron chi connectivity index (χ0n) is 13.6. The molecule has 0 bridgehead atoms. The molecule has 1 aliphatic rings. The van der Waals surface area contributed by atoms with Gasteiger partial charge in [-0.05, 0) is 37.5 Å². The second-order valence-electron chi connectivity index (χ2n) is 6.28. The highest BCUT2D eigenvalue weighted by Gasteiger charge is 2.30. The maximum Gasteiger partial charge on any atom is 0.274 e. The first kappa shape index (κ1) is 14.8. The molecule has 1 saturated heterocycles. The van der Waals surface area contributed by atoms with Crippen LogP contribution in [-0.4, -0.2) is 43.1 Å². The number of aryl methyl sites for hydroxylation is 1. The Kier molecular flexibility index (Phi) is 3.72. The molecule has 0 N–H and O–H groups in total. The molecule has 0 radical (unpaired) electrons. The van der Waals surface area contributed by atoms with Gasteiger partial charge in [0.15, 0.2) is 0 Å². The van der Waals surface area contributed by atoms with Crippen molar-refractivity contribution in [3.63, 3.8) is 0 Å². The number of hydrogen-bond acceptors (Lipinski definition) is 4. The van der Waals surface area contributed by atoms with Crippen molar-refractivity contribution in [1.29, 1.82) is 0 Å². The van der Waals surface area contributed by atoms with E-state index in [0.717, 1.165) is 42.5 Å². The van der Waals surface area contributed by atoms with E-state index in [9.17, 15) is 4.79 Å². The molecule has 1 fully saturated rings. The molecule has 6 heteroatoms. The van der Waals surface area contributed by atoms with Gasteiger partial charge >= 0.3 is 0 Å². The van der Waals surface area contributed by atoms with Crippen LogP contribution in [0, 0.1) is 6.92 Å². The molecule has 0 spiro atoms. The third kappa shape index (κ3) is 2.75. The van der Waals surface area contributed by atoms with Crippen LogP contribution in [0.15, 0.2) is 42.9 Å². The van der Waals surface area contributed by atoms with Gasteiger partial charge in [0.2, 0.25) is 0 Å². The Balaban J connectivity index is 1.57. The number of fused-ring (bicyclic) bond motifs is 1. The van der Waals surface area contributed by atoms with E-state index in [1.165, 1.54) is 0 Å². The van der Waals surface area contributed by atoms with Crippen molar-refractivity contribution in [1.82, 2.24) is 24.6 Å². The third-order valence-corrected chi connectivity index (χ3v) is 4.47. The first-order chi connectivity index (χ1) is 11.7. The molecule has 0 aliphatic carbocycles. The van der Waals surface area contributed by atoms with Crippen LogP contribution in [0.4, 0.5) is 0 Å². The summed E-state index contributed by atoms with van der Waals surface area (Å²) in [5, 5.41) is 4.34. The number of nitrogens with zero attached hydrogens (tertiary/aromatic N) is 5. The van der Waals surface area contributed by atoms with Gasteiger partial charge < -0.3 is 4.90 Å². The fraction of sp³-hybridized carbons (Fsp3) is 0.333. The van der Waals surface area contributed by atoms with Crippen molar-refractivity contribution in [3.8, 4) is 0 Å². The third-order valence-electron chi connectivity index (χ3n) is 4.47. The van der Waals surface area contributed by atoms with Crippen LogP contribution in [0.5, 0.6) is 0 Å². The van der Waals surface area contributed by atoms with Crippen LogP contribution in [0.2, 0.25) is 0 Å². The number of para-hydroxylation sites is 2. The molecule has 24 heavy (non-hydrogen) atoms. The molecule has 3 heterocycles. The smallest absolute Gasteiger partial charge is 0.274 e. The maximum atomic E-state index is 12.9. The minimum atomic E-state index is -0.0420. The summed E-state index contributed by atoms with van der Waals surface area (Å²) in [4.78, 5) is 23.7. The van der Waals surface area contributed by atoms with Gasteiger partial charge in [-0.1, -0.05) is 12.1 Å². The largest absolute Gasteiger partial charge is 0.332 e. The molecular weight excluding hydrogens is 302 g/mol. The lowest BCUT2D eigenvalue weighted by Crippen LogP contribution is -2.38. The number of aromatic nitrogens is 4. The van der Waals surface area contributed by atoms with E-state index in [1.807, 2.05) is 53.2 Å².